The van der Waals surface area contributed by atoms with Gasteiger partial charge in [-0.25, -0.2) is 9.97 Å². The van der Waals surface area contributed by atoms with E-state index in [2.05, 4.69) is 22.9 Å². The first-order valence-corrected chi connectivity index (χ1v) is 8.34. The molecule has 4 nitrogen and oxygen atoms in total. The van der Waals surface area contributed by atoms with Gasteiger partial charge in [-0.05, 0) is 37.6 Å². The summed E-state index contributed by atoms with van der Waals surface area (Å²) in [5.41, 5.74) is 0.495. The monoisotopic (exact) mass is 303 g/mol. The normalized spacial score (nSPS) is 18.0. The average Bonchev–Trinajstić information content (AvgIpc) is 3.02. The molecule has 1 aliphatic rings. The van der Waals surface area contributed by atoms with Gasteiger partial charge in [-0.2, -0.15) is 0 Å². The maximum atomic E-state index is 10.3. The van der Waals surface area contributed by atoms with E-state index >= 15 is 0 Å². The second-order valence-corrected chi connectivity index (χ2v) is 6.68. The van der Waals surface area contributed by atoms with Gasteiger partial charge in [0.05, 0.1) is 10.5 Å². The highest BCUT2D eigenvalue weighted by atomic mass is 32.1. The van der Waals surface area contributed by atoms with E-state index in [0.717, 1.165) is 54.6 Å². The number of nitrogens with zero attached hydrogens (tertiary/aromatic N) is 3. The van der Waals surface area contributed by atoms with Crippen molar-refractivity contribution in [3.63, 3.8) is 0 Å². The Kier molecular flexibility index (Phi) is 3.95. The molecule has 0 atom stereocenters. The average molecular weight is 303 g/mol. The summed E-state index contributed by atoms with van der Waals surface area (Å²) in [6.45, 7) is 5.77. The molecule has 3 rings (SSSR count). The SMILES string of the molecule is CCC1(O)CCN(c2cc(C)nc(-c3cccs3)n2)CC1. The standard InChI is InChI=1S/C16H21N3OS/c1-3-16(20)6-8-19(9-7-16)14-11-12(2)17-15(18-14)13-5-4-10-21-13/h4-5,10-11,20H,3,6-9H2,1-2H3. The fourth-order valence-electron chi connectivity index (χ4n) is 2.74. The number of aryl methyl sites for hydroxylation is 1. The maximum Gasteiger partial charge on any atom is 0.171 e. The highest BCUT2D eigenvalue weighted by Gasteiger charge is 2.31. The van der Waals surface area contributed by atoms with Gasteiger partial charge >= 0.3 is 0 Å². The molecule has 1 saturated heterocycles. The minimum absolute atomic E-state index is 0.491. The van der Waals surface area contributed by atoms with Gasteiger partial charge in [0.15, 0.2) is 5.82 Å². The van der Waals surface area contributed by atoms with Crippen LogP contribution in [-0.2, 0) is 0 Å². The van der Waals surface area contributed by atoms with E-state index < -0.39 is 5.60 Å². The Morgan fingerprint density at radius 1 is 1.33 bits per heavy atom. The van der Waals surface area contributed by atoms with Crippen molar-refractivity contribution in [1.82, 2.24) is 9.97 Å². The quantitative estimate of drug-likeness (QED) is 0.945. The molecule has 0 aliphatic carbocycles. The zero-order valence-corrected chi connectivity index (χ0v) is 13.4. The van der Waals surface area contributed by atoms with Crippen LogP contribution in [0.5, 0.6) is 0 Å². The van der Waals surface area contributed by atoms with E-state index in [9.17, 15) is 5.11 Å². The van der Waals surface area contributed by atoms with Gasteiger partial charge < -0.3 is 10.0 Å². The summed E-state index contributed by atoms with van der Waals surface area (Å²) in [5, 5.41) is 12.4. The molecule has 1 fully saturated rings. The summed E-state index contributed by atoms with van der Waals surface area (Å²) in [6, 6.07) is 6.11. The van der Waals surface area contributed by atoms with Crippen molar-refractivity contribution in [1.29, 1.82) is 0 Å². The molecule has 0 radical (unpaired) electrons. The van der Waals surface area contributed by atoms with Gasteiger partial charge in [-0.1, -0.05) is 13.0 Å². The van der Waals surface area contributed by atoms with Crippen molar-refractivity contribution in [2.45, 2.75) is 38.7 Å². The Labute approximate surface area is 129 Å². The van der Waals surface area contributed by atoms with Crippen LogP contribution in [0.3, 0.4) is 0 Å². The fraction of sp³-hybridized carbons (Fsp3) is 0.500. The van der Waals surface area contributed by atoms with Crippen LogP contribution >= 0.6 is 11.3 Å². The van der Waals surface area contributed by atoms with Crippen molar-refractivity contribution < 1.29 is 5.11 Å². The molecular weight excluding hydrogens is 282 g/mol. The fourth-order valence-corrected chi connectivity index (χ4v) is 3.39. The number of rotatable bonds is 3. The zero-order chi connectivity index (χ0) is 14.9. The molecule has 0 bridgehead atoms. The highest BCUT2D eigenvalue weighted by Crippen LogP contribution is 2.29. The van der Waals surface area contributed by atoms with Crippen molar-refractivity contribution in [2.24, 2.45) is 0 Å². The van der Waals surface area contributed by atoms with Gasteiger partial charge in [0.2, 0.25) is 0 Å². The van der Waals surface area contributed by atoms with Crippen LogP contribution in [0.4, 0.5) is 5.82 Å². The lowest BCUT2D eigenvalue weighted by molar-refractivity contribution is 0.0125. The summed E-state index contributed by atoms with van der Waals surface area (Å²) in [7, 11) is 0. The lowest BCUT2D eigenvalue weighted by Crippen LogP contribution is -2.44. The number of piperidine rings is 1. The third-order valence-corrected chi connectivity index (χ3v) is 5.12. The number of hydrogen-bond acceptors (Lipinski definition) is 5. The third kappa shape index (κ3) is 3.09. The van der Waals surface area contributed by atoms with Crippen LogP contribution in [0, 0.1) is 6.92 Å². The second-order valence-electron chi connectivity index (χ2n) is 5.73. The first-order valence-electron chi connectivity index (χ1n) is 7.46. The largest absolute Gasteiger partial charge is 0.390 e. The molecule has 5 heteroatoms. The lowest BCUT2D eigenvalue weighted by atomic mass is 9.89. The molecule has 21 heavy (non-hydrogen) atoms. The Bertz CT molecular complexity index is 604. The topological polar surface area (TPSA) is 49.2 Å². The number of anilines is 1. The van der Waals surface area contributed by atoms with Gasteiger partial charge in [-0.3, -0.25) is 0 Å². The number of aromatic nitrogens is 2. The van der Waals surface area contributed by atoms with Crippen molar-refractivity contribution in [3.05, 3.63) is 29.3 Å². The van der Waals surface area contributed by atoms with Crippen LogP contribution in [0.25, 0.3) is 10.7 Å². The Morgan fingerprint density at radius 3 is 2.71 bits per heavy atom. The number of thiophene rings is 1. The minimum Gasteiger partial charge on any atom is -0.390 e. The summed E-state index contributed by atoms with van der Waals surface area (Å²) in [5.74, 6) is 1.78. The summed E-state index contributed by atoms with van der Waals surface area (Å²) >= 11 is 1.66. The molecular formula is C16H21N3OS. The van der Waals surface area contributed by atoms with E-state index in [-0.39, 0.29) is 0 Å². The maximum absolute atomic E-state index is 10.3. The molecule has 0 unspecified atom stereocenters. The summed E-state index contributed by atoms with van der Waals surface area (Å²) in [4.78, 5) is 12.6. The number of hydrogen-bond donors (Lipinski definition) is 1. The second kappa shape index (κ2) is 5.73. The molecule has 3 heterocycles. The molecule has 0 aromatic carbocycles. The van der Waals surface area contributed by atoms with Crippen LogP contribution in [0.15, 0.2) is 23.6 Å². The van der Waals surface area contributed by atoms with Gasteiger partial charge in [0, 0.05) is 24.8 Å². The van der Waals surface area contributed by atoms with E-state index in [1.165, 1.54) is 0 Å². The molecule has 2 aromatic heterocycles. The Balaban J connectivity index is 1.83. The lowest BCUT2D eigenvalue weighted by Gasteiger charge is -2.38. The number of aliphatic hydroxyl groups is 1. The molecule has 0 spiro atoms. The zero-order valence-electron chi connectivity index (χ0n) is 12.5. The van der Waals surface area contributed by atoms with Crippen molar-refractivity contribution >= 4 is 17.2 Å². The first-order chi connectivity index (χ1) is 10.1. The first kappa shape index (κ1) is 14.5. The third-order valence-electron chi connectivity index (χ3n) is 4.26. The molecule has 1 N–H and O–H groups in total. The van der Waals surface area contributed by atoms with Crippen LogP contribution < -0.4 is 4.90 Å². The van der Waals surface area contributed by atoms with Crippen LogP contribution in [-0.4, -0.2) is 33.8 Å². The van der Waals surface area contributed by atoms with Gasteiger partial charge in [0.25, 0.3) is 0 Å². The molecule has 112 valence electrons. The van der Waals surface area contributed by atoms with E-state index in [4.69, 9.17) is 4.98 Å². The summed E-state index contributed by atoms with van der Waals surface area (Å²) < 4.78 is 0. The van der Waals surface area contributed by atoms with E-state index in [0.29, 0.717) is 0 Å². The van der Waals surface area contributed by atoms with E-state index in [1.54, 1.807) is 11.3 Å². The minimum atomic E-state index is -0.491. The molecule has 1 aliphatic heterocycles. The van der Waals surface area contributed by atoms with Gasteiger partial charge in [-0.15, -0.1) is 11.3 Å². The molecule has 0 saturated carbocycles. The molecule has 2 aromatic rings. The Morgan fingerprint density at radius 2 is 2.10 bits per heavy atom. The van der Waals surface area contributed by atoms with Crippen LogP contribution in [0.1, 0.15) is 31.9 Å². The van der Waals surface area contributed by atoms with Gasteiger partial charge in [0.1, 0.15) is 5.82 Å². The predicted molar refractivity (Wildman–Crippen MR) is 86.8 cm³/mol. The smallest absolute Gasteiger partial charge is 0.171 e. The summed E-state index contributed by atoms with van der Waals surface area (Å²) in [6.07, 6.45) is 2.44. The Hall–Kier alpha value is -1.46. The van der Waals surface area contributed by atoms with Crippen LogP contribution in [0.2, 0.25) is 0 Å². The van der Waals surface area contributed by atoms with Crippen molar-refractivity contribution in [2.75, 3.05) is 18.0 Å². The van der Waals surface area contributed by atoms with Crippen molar-refractivity contribution in [3.8, 4) is 10.7 Å². The molecule has 0 amide bonds. The predicted octanol–water partition coefficient (Wildman–Crippen LogP) is 3.25. The highest BCUT2D eigenvalue weighted by molar-refractivity contribution is 7.13. The van der Waals surface area contributed by atoms with E-state index in [1.807, 2.05) is 24.4 Å².